The Kier molecular flexibility index (Phi) is 10.3. The number of hydrogen-bond acceptors (Lipinski definition) is 0. The van der Waals surface area contributed by atoms with Gasteiger partial charge in [0.1, 0.15) is 0 Å². The van der Waals surface area contributed by atoms with E-state index in [0.717, 1.165) is 17.8 Å². The molecule has 1 heteroatoms. The van der Waals surface area contributed by atoms with E-state index in [2.05, 4.69) is 64.1 Å². The molecule has 4 fully saturated rings. The molecule has 4 aliphatic rings. The lowest BCUT2D eigenvalue weighted by atomic mass is 9.56. The molecular formula is C38H57P. The summed E-state index contributed by atoms with van der Waals surface area (Å²) in [7, 11) is -0.362. The van der Waals surface area contributed by atoms with Crippen LogP contribution in [-0.2, 0) is 25.7 Å². The van der Waals surface area contributed by atoms with Crippen LogP contribution in [0.15, 0.2) is 36.4 Å². The lowest BCUT2D eigenvalue weighted by molar-refractivity contribution is 0.0364. The lowest BCUT2D eigenvalue weighted by Crippen LogP contribution is -2.52. The van der Waals surface area contributed by atoms with Gasteiger partial charge in [-0.2, -0.15) is 0 Å². The van der Waals surface area contributed by atoms with Crippen molar-refractivity contribution < 1.29 is 0 Å². The van der Waals surface area contributed by atoms with Gasteiger partial charge in [-0.05, 0) is 154 Å². The molecule has 0 aliphatic heterocycles. The minimum absolute atomic E-state index is 0.362. The average molecular weight is 545 g/mol. The van der Waals surface area contributed by atoms with Crippen LogP contribution in [0.5, 0.6) is 0 Å². The number of unbranched alkanes of at least 4 members (excludes halogenated alkanes) is 4. The van der Waals surface area contributed by atoms with E-state index in [0.29, 0.717) is 5.16 Å². The van der Waals surface area contributed by atoms with Gasteiger partial charge in [0.15, 0.2) is 0 Å². The van der Waals surface area contributed by atoms with Gasteiger partial charge in [-0.1, -0.05) is 89.8 Å². The lowest BCUT2D eigenvalue weighted by Gasteiger charge is -2.60. The predicted molar refractivity (Wildman–Crippen MR) is 174 cm³/mol. The van der Waals surface area contributed by atoms with Crippen LogP contribution >= 0.6 is 7.92 Å². The topological polar surface area (TPSA) is 0 Å². The van der Waals surface area contributed by atoms with Crippen molar-refractivity contribution in [2.75, 3.05) is 0 Å². The molecule has 0 nitrogen and oxygen atoms in total. The van der Waals surface area contributed by atoms with Crippen LogP contribution in [0.3, 0.4) is 0 Å². The summed E-state index contributed by atoms with van der Waals surface area (Å²) in [5.74, 6) is 3.02. The highest BCUT2D eigenvalue weighted by molar-refractivity contribution is 7.74. The monoisotopic (exact) mass is 544 g/mol. The number of rotatable bonds is 15. The second-order valence-electron chi connectivity index (χ2n) is 13.7. The Labute approximate surface area is 242 Å². The van der Waals surface area contributed by atoms with E-state index in [1.165, 1.54) is 96.3 Å². The molecule has 39 heavy (non-hydrogen) atoms. The summed E-state index contributed by atoms with van der Waals surface area (Å²) in [5.41, 5.74) is 6.96. The maximum absolute atomic E-state index is 2.65. The Hall–Kier alpha value is -1.13. The van der Waals surface area contributed by atoms with Crippen molar-refractivity contribution in [1.29, 1.82) is 0 Å². The second-order valence-corrected chi connectivity index (χ2v) is 16.3. The molecule has 4 bridgehead atoms. The van der Waals surface area contributed by atoms with E-state index < -0.39 is 0 Å². The summed E-state index contributed by atoms with van der Waals surface area (Å²) in [5, 5.41) is 4.18. The number of aryl methyl sites for hydroxylation is 2. The third-order valence-corrected chi connectivity index (χ3v) is 13.9. The van der Waals surface area contributed by atoms with Gasteiger partial charge < -0.3 is 0 Å². The first-order chi connectivity index (χ1) is 19.1. The highest BCUT2D eigenvalue weighted by Crippen LogP contribution is 2.68. The summed E-state index contributed by atoms with van der Waals surface area (Å²) in [6.45, 7) is 9.49. The van der Waals surface area contributed by atoms with Crippen LogP contribution in [0.2, 0.25) is 0 Å². The largest absolute Gasteiger partial charge is 0.0654 e. The standard InChI is InChI=1S/C38H57P/c1-5-9-15-32-17-13-21-36(34(32)19-11-7-3)39(38-26-29-23-30(27-38)25-31(24-29)28-38)37-22-14-18-33(16-10-6-2)35(37)20-12-8-4/h13-14,17-18,21-22,29-31H,5-12,15-16,19-20,23-28H2,1-4H3. The van der Waals surface area contributed by atoms with Crippen LogP contribution in [0, 0.1) is 17.8 Å². The molecule has 0 saturated heterocycles. The van der Waals surface area contributed by atoms with Crippen LogP contribution in [0.25, 0.3) is 0 Å². The minimum Gasteiger partial charge on any atom is -0.0654 e. The van der Waals surface area contributed by atoms with E-state index in [-0.39, 0.29) is 7.92 Å². The maximum atomic E-state index is 2.65. The molecule has 2 aromatic carbocycles. The SMILES string of the molecule is CCCCc1cccc(P(c2cccc(CCCC)c2CCCC)C23CC4CC(CC(C4)C2)C3)c1CCCC. The minimum atomic E-state index is -0.362. The van der Waals surface area contributed by atoms with Gasteiger partial charge in [0.2, 0.25) is 0 Å². The zero-order chi connectivity index (χ0) is 27.2. The highest BCUT2D eigenvalue weighted by atomic mass is 31.1. The van der Waals surface area contributed by atoms with Gasteiger partial charge in [0, 0.05) is 0 Å². The van der Waals surface area contributed by atoms with Crippen LogP contribution in [0.1, 0.15) is 140 Å². The van der Waals surface area contributed by atoms with Crippen molar-refractivity contribution in [3.8, 4) is 0 Å². The molecule has 6 rings (SSSR count). The van der Waals surface area contributed by atoms with Gasteiger partial charge >= 0.3 is 0 Å². The third-order valence-electron chi connectivity index (χ3n) is 10.6. The Bertz CT molecular complexity index is 966. The van der Waals surface area contributed by atoms with Crippen molar-refractivity contribution in [2.45, 2.75) is 148 Å². The van der Waals surface area contributed by atoms with Crippen LogP contribution in [-0.4, -0.2) is 5.16 Å². The zero-order valence-electron chi connectivity index (χ0n) is 25.9. The van der Waals surface area contributed by atoms with Crippen molar-refractivity contribution in [2.24, 2.45) is 17.8 Å². The predicted octanol–water partition coefficient (Wildman–Crippen LogP) is 10.5. The Morgan fingerprint density at radius 3 is 1.33 bits per heavy atom. The van der Waals surface area contributed by atoms with Gasteiger partial charge in [0.25, 0.3) is 0 Å². The van der Waals surface area contributed by atoms with E-state index in [1.807, 2.05) is 10.6 Å². The average Bonchev–Trinajstić information content (AvgIpc) is 2.93. The molecule has 2 aromatic rings. The highest BCUT2D eigenvalue weighted by Gasteiger charge is 2.55. The fourth-order valence-corrected chi connectivity index (χ4v) is 13.3. The zero-order valence-corrected chi connectivity index (χ0v) is 26.8. The van der Waals surface area contributed by atoms with Gasteiger partial charge in [-0.15, -0.1) is 0 Å². The van der Waals surface area contributed by atoms with Crippen LogP contribution in [0.4, 0.5) is 0 Å². The molecular weight excluding hydrogens is 487 g/mol. The number of benzene rings is 2. The first-order valence-electron chi connectivity index (χ1n) is 17.1. The van der Waals surface area contributed by atoms with Gasteiger partial charge in [-0.25, -0.2) is 0 Å². The van der Waals surface area contributed by atoms with E-state index in [1.54, 1.807) is 41.5 Å². The molecule has 214 valence electrons. The van der Waals surface area contributed by atoms with Crippen molar-refractivity contribution in [1.82, 2.24) is 0 Å². The first kappa shape index (κ1) is 29.4. The fourth-order valence-electron chi connectivity index (χ4n) is 9.13. The summed E-state index contributed by atoms with van der Waals surface area (Å²) in [4.78, 5) is 0. The molecule has 0 radical (unpaired) electrons. The summed E-state index contributed by atoms with van der Waals surface area (Å²) < 4.78 is 0. The smallest absolute Gasteiger partial charge is 0.000622 e. The van der Waals surface area contributed by atoms with Crippen molar-refractivity contribution in [3.63, 3.8) is 0 Å². The molecule has 4 aliphatic carbocycles. The fraction of sp³-hybridized carbons (Fsp3) is 0.684. The van der Waals surface area contributed by atoms with E-state index in [9.17, 15) is 0 Å². The molecule has 0 unspecified atom stereocenters. The second kappa shape index (κ2) is 13.7. The first-order valence-corrected chi connectivity index (χ1v) is 18.5. The Balaban J connectivity index is 1.70. The van der Waals surface area contributed by atoms with Crippen LogP contribution < -0.4 is 10.6 Å². The van der Waals surface area contributed by atoms with Gasteiger partial charge in [-0.3, -0.25) is 0 Å². The Morgan fingerprint density at radius 2 is 0.949 bits per heavy atom. The molecule has 0 heterocycles. The maximum Gasteiger partial charge on any atom is -0.000622 e. The summed E-state index contributed by atoms with van der Waals surface area (Å²) in [6.07, 6.45) is 24.8. The van der Waals surface area contributed by atoms with E-state index >= 15 is 0 Å². The summed E-state index contributed by atoms with van der Waals surface area (Å²) in [6, 6.07) is 15.2. The summed E-state index contributed by atoms with van der Waals surface area (Å²) >= 11 is 0. The molecule has 0 amide bonds. The molecule has 0 spiro atoms. The molecule has 0 aromatic heterocycles. The van der Waals surface area contributed by atoms with Crippen molar-refractivity contribution >= 4 is 18.5 Å². The molecule has 0 N–H and O–H groups in total. The number of hydrogen-bond donors (Lipinski definition) is 0. The molecule has 4 saturated carbocycles. The normalized spacial score (nSPS) is 25.6. The Morgan fingerprint density at radius 1 is 0.564 bits per heavy atom. The van der Waals surface area contributed by atoms with E-state index in [4.69, 9.17) is 0 Å². The van der Waals surface area contributed by atoms with Gasteiger partial charge in [0.05, 0.1) is 0 Å². The van der Waals surface area contributed by atoms with Crippen molar-refractivity contribution in [3.05, 3.63) is 58.7 Å². The molecule has 0 atom stereocenters. The quantitative estimate of drug-likeness (QED) is 0.196. The third kappa shape index (κ3) is 6.37.